The summed E-state index contributed by atoms with van der Waals surface area (Å²) in [5.41, 5.74) is 4.74. The fourth-order valence-corrected chi connectivity index (χ4v) is 6.27. The van der Waals surface area contributed by atoms with Crippen LogP contribution in [0.2, 0.25) is 0 Å². The highest BCUT2D eigenvalue weighted by molar-refractivity contribution is 6.38. The van der Waals surface area contributed by atoms with Gasteiger partial charge in [-0.05, 0) is 77.0 Å². The average Bonchev–Trinajstić information content (AvgIpc) is 3.88. The number of carbonyl (C=O) groups excluding carboxylic acids is 5. The SMILES string of the molecule is CC1CCCC1=O.CC1CCc2c(C(=O)O)n[nH]c21.CCOC(=O)C(=O)C1CCC(C)C1=O.CCOC(=O)c1n[nH]c2c1CCC2C. The van der Waals surface area contributed by atoms with Crippen LogP contribution in [0.15, 0.2) is 0 Å². The molecule has 13 heteroatoms. The first kappa shape index (κ1) is 37.3. The number of H-pyrrole nitrogens is 2. The highest BCUT2D eigenvalue weighted by Crippen LogP contribution is 2.33. The number of aromatic nitrogens is 4. The maximum absolute atomic E-state index is 11.5. The fraction of sp³-hybridized carbons (Fsp3) is 0.647. The number of ketones is 3. The Labute approximate surface area is 274 Å². The molecule has 0 amide bonds. The van der Waals surface area contributed by atoms with Crippen molar-refractivity contribution in [2.24, 2.45) is 17.8 Å². The zero-order valence-corrected chi connectivity index (χ0v) is 28.3. The van der Waals surface area contributed by atoms with Crippen molar-refractivity contribution in [2.45, 2.75) is 111 Å². The summed E-state index contributed by atoms with van der Waals surface area (Å²) in [6.45, 7) is 12.0. The van der Waals surface area contributed by atoms with Crippen LogP contribution in [0.25, 0.3) is 0 Å². The molecule has 0 radical (unpaired) electrons. The molecule has 3 N–H and O–H groups in total. The van der Waals surface area contributed by atoms with Crippen molar-refractivity contribution in [1.82, 2.24) is 20.4 Å². The number of nitrogens with one attached hydrogen (secondary N) is 2. The Bertz CT molecular complexity index is 1460. The van der Waals surface area contributed by atoms with E-state index in [0.717, 1.165) is 67.5 Å². The van der Waals surface area contributed by atoms with Crippen molar-refractivity contribution in [3.63, 3.8) is 0 Å². The van der Waals surface area contributed by atoms with Crippen LogP contribution >= 0.6 is 0 Å². The van der Waals surface area contributed by atoms with Gasteiger partial charge >= 0.3 is 17.9 Å². The summed E-state index contributed by atoms with van der Waals surface area (Å²) in [4.78, 5) is 66.6. The molecule has 258 valence electrons. The zero-order valence-electron chi connectivity index (χ0n) is 28.3. The number of aromatic carboxylic acids is 1. The molecule has 47 heavy (non-hydrogen) atoms. The van der Waals surface area contributed by atoms with Crippen molar-refractivity contribution < 1.29 is 43.3 Å². The van der Waals surface area contributed by atoms with E-state index in [0.29, 0.717) is 48.7 Å². The minimum atomic E-state index is -0.929. The number of Topliss-reactive ketones (excluding diaryl/α,β-unsaturated/α-hetero) is 3. The average molecular weight is 657 g/mol. The quantitative estimate of drug-likeness (QED) is 0.217. The molecule has 0 bridgehead atoms. The van der Waals surface area contributed by atoms with E-state index >= 15 is 0 Å². The van der Waals surface area contributed by atoms with Crippen LogP contribution in [0.4, 0.5) is 0 Å². The van der Waals surface area contributed by atoms with E-state index in [-0.39, 0.29) is 30.0 Å². The predicted molar refractivity (Wildman–Crippen MR) is 170 cm³/mol. The molecular formula is C34H48N4O9. The van der Waals surface area contributed by atoms with Gasteiger partial charge < -0.3 is 14.6 Å². The largest absolute Gasteiger partial charge is 0.476 e. The third kappa shape index (κ3) is 9.23. The zero-order chi connectivity index (χ0) is 34.8. The Morgan fingerprint density at radius 3 is 1.70 bits per heavy atom. The maximum atomic E-state index is 11.5. The summed E-state index contributed by atoms with van der Waals surface area (Å²) in [5, 5.41) is 22.2. The molecule has 2 aromatic heterocycles. The number of rotatable bonds is 6. The number of carboxylic acid groups (broad SMARTS) is 1. The molecule has 0 aromatic carbocycles. The van der Waals surface area contributed by atoms with E-state index in [1.54, 1.807) is 20.8 Å². The van der Waals surface area contributed by atoms with E-state index in [2.05, 4.69) is 39.0 Å². The highest BCUT2D eigenvalue weighted by Gasteiger charge is 2.39. The standard InChI is InChI=1S/C10H14N2O2.C10H14O4.C8H10N2O2.C6H10O/c1-3-14-10(13)9-7-5-4-6(2)8(7)11-12-9;1-3-14-10(13)9(12)7-5-4-6(2)8(7)11;1-4-2-3-5-6(4)9-10-7(5)8(11)12;1-5-3-2-4-6(5)7/h6H,3-5H2,1-2H3,(H,11,12);6-7H,3-5H2,1-2H3;4H,2-3H2,1H3,(H,9,10)(H,11,12);5H,2-4H2,1H3. The number of esters is 2. The van der Waals surface area contributed by atoms with E-state index in [4.69, 9.17) is 9.84 Å². The van der Waals surface area contributed by atoms with Gasteiger partial charge in [-0.3, -0.25) is 24.6 Å². The Hall–Kier alpha value is -4.16. The normalized spacial score (nSPS) is 23.7. The van der Waals surface area contributed by atoms with Crippen LogP contribution in [0.3, 0.4) is 0 Å². The number of hydrogen-bond acceptors (Lipinski definition) is 10. The molecule has 2 saturated carbocycles. The predicted octanol–water partition coefficient (Wildman–Crippen LogP) is 4.90. The molecular weight excluding hydrogens is 608 g/mol. The van der Waals surface area contributed by atoms with Crippen molar-refractivity contribution in [3.8, 4) is 0 Å². The van der Waals surface area contributed by atoms with E-state index in [1.165, 1.54) is 0 Å². The fourth-order valence-electron chi connectivity index (χ4n) is 6.27. The van der Waals surface area contributed by atoms with Crippen molar-refractivity contribution >= 4 is 35.3 Å². The molecule has 0 aliphatic heterocycles. The van der Waals surface area contributed by atoms with Crippen LogP contribution in [-0.4, -0.2) is 74.0 Å². The monoisotopic (exact) mass is 656 g/mol. The van der Waals surface area contributed by atoms with Crippen molar-refractivity contribution in [3.05, 3.63) is 33.9 Å². The van der Waals surface area contributed by atoms with E-state index in [1.807, 2.05) is 6.92 Å². The van der Waals surface area contributed by atoms with Crippen LogP contribution in [-0.2, 0) is 41.5 Å². The smallest absolute Gasteiger partial charge is 0.375 e. The van der Waals surface area contributed by atoms with Crippen LogP contribution < -0.4 is 0 Å². The molecule has 0 saturated heterocycles. The number of hydrogen-bond donors (Lipinski definition) is 3. The van der Waals surface area contributed by atoms with Gasteiger partial charge in [-0.25, -0.2) is 14.4 Å². The van der Waals surface area contributed by atoms with Gasteiger partial charge in [-0.2, -0.15) is 10.2 Å². The second-order valence-corrected chi connectivity index (χ2v) is 12.6. The summed E-state index contributed by atoms with van der Waals surface area (Å²) in [7, 11) is 0. The van der Waals surface area contributed by atoms with Crippen LogP contribution in [0, 0.1) is 17.8 Å². The van der Waals surface area contributed by atoms with Gasteiger partial charge in [0.1, 0.15) is 11.6 Å². The van der Waals surface area contributed by atoms with Gasteiger partial charge in [-0.1, -0.05) is 27.7 Å². The van der Waals surface area contributed by atoms with Crippen molar-refractivity contribution in [2.75, 3.05) is 13.2 Å². The Kier molecular flexibility index (Phi) is 13.6. The summed E-state index contributed by atoms with van der Waals surface area (Å²) in [6, 6.07) is 0. The first-order chi connectivity index (χ1) is 22.3. The molecule has 5 atom stereocenters. The lowest BCUT2D eigenvalue weighted by Gasteiger charge is -2.05. The number of carbonyl (C=O) groups is 6. The van der Waals surface area contributed by atoms with Gasteiger partial charge in [0.15, 0.2) is 11.4 Å². The van der Waals surface area contributed by atoms with Gasteiger partial charge in [0.25, 0.3) is 0 Å². The van der Waals surface area contributed by atoms with Gasteiger partial charge in [0.05, 0.1) is 19.1 Å². The lowest BCUT2D eigenvalue weighted by atomic mass is 10.00. The Morgan fingerprint density at radius 2 is 1.28 bits per heavy atom. The second kappa shape index (κ2) is 17.1. The molecule has 6 rings (SSSR count). The third-order valence-electron chi connectivity index (χ3n) is 9.23. The molecule has 2 fully saturated rings. The van der Waals surface area contributed by atoms with E-state index < -0.39 is 23.6 Å². The number of nitrogens with zero attached hydrogens (tertiary/aromatic N) is 2. The molecule has 4 aliphatic carbocycles. The highest BCUT2D eigenvalue weighted by atomic mass is 16.5. The Balaban J connectivity index is 0.000000175. The Morgan fingerprint density at radius 1 is 0.723 bits per heavy atom. The lowest BCUT2D eigenvalue weighted by Crippen LogP contribution is -2.29. The maximum Gasteiger partial charge on any atom is 0.375 e. The number of fused-ring (bicyclic) bond motifs is 2. The van der Waals surface area contributed by atoms with Crippen LogP contribution in [0.5, 0.6) is 0 Å². The minimum Gasteiger partial charge on any atom is -0.476 e. The number of ether oxygens (including phenoxy) is 2. The van der Waals surface area contributed by atoms with Gasteiger partial charge in [0.2, 0.25) is 5.78 Å². The summed E-state index contributed by atoms with van der Waals surface area (Å²) >= 11 is 0. The first-order valence-corrected chi connectivity index (χ1v) is 16.6. The van der Waals surface area contributed by atoms with Crippen LogP contribution in [0.1, 0.15) is 142 Å². The second-order valence-electron chi connectivity index (χ2n) is 12.6. The number of aromatic amines is 2. The van der Waals surface area contributed by atoms with Gasteiger partial charge in [-0.15, -0.1) is 0 Å². The van der Waals surface area contributed by atoms with Gasteiger partial charge in [0, 0.05) is 40.8 Å². The molecule has 2 aromatic rings. The minimum absolute atomic E-state index is 0.0987. The molecule has 2 heterocycles. The molecule has 0 spiro atoms. The molecule has 5 unspecified atom stereocenters. The molecule has 4 aliphatic rings. The topological polar surface area (TPSA) is 198 Å². The van der Waals surface area contributed by atoms with Crippen molar-refractivity contribution in [1.29, 1.82) is 0 Å². The van der Waals surface area contributed by atoms with E-state index in [9.17, 15) is 28.8 Å². The summed E-state index contributed by atoms with van der Waals surface area (Å²) in [5.74, 6) is -2.01. The number of carboxylic acids is 1. The molecule has 13 nitrogen and oxygen atoms in total. The first-order valence-electron chi connectivity index (χ1n) is 16.6. The third-order valence-corrected chi connectivity index (χ3v) is 9.23. The summed E-state index contributed by atoms with van der Waals surface area (Å²) in [6.07, 6.45) is 8.15. The summed E-state index contributed by atoms with van der Waals surface area (Å²) < 4.78 is 9.48. The lowest BCUT2D eigenvalue weighted by molar-refractivity contribution is -0.156.